The molecule has 0 saturated heterocycles. The zero-order valence-corrected chi connectivity index (χ0v) is 13.7. The Morgan fingerprint density at radius 1 is 1.05 bits per heavy atom. The second kappa shape index (κ2) is 5.90. The smallest absolute Gasteiger partial charge is 0.175 e. The van der Waals surface area contributed by atoms with E-state index < -0.39 is 9.84 Å². The van der Waals surface area contributed by atoms with Crippen LogP contribution in [0.1, 0.15) is 29.7 Å². The van der Waals surface area contributed by atoms with Gasteiger partial charge in [-0.2, -0.15) is 0 Å². The van der Waals surface area contributed by atoms with Crippen LogP contribution in [0.4, 0.5) is 5.69 Å². The number of nitrogens with one attached hydrogen (secondary N) is 1. The Morgan fingerprint density at radius 2 is 1.76 bits per heavy atom. The lowest BCUT2D eigenvalue weighted by atomic mass is 10.00. The van der Waals surface area contributed by atoms with Gasteiger partial charge in [-0.15, -0.1) is 0 Å². The van der Waals surface area contributed by atoms with Crippen LogP contribution in [0, 0.1) is 13.8 Å². The summed E-state index contributed by atoms with van der Waals surface area (Å²) in [6.07, 6.45) is 1.22. The number of sulfone groups is 1. The Balaban J connectivity index is 2.28. The molecule has 0 spiro atoms. The van der Waals surface area contributed by atoms with Crippen LogP contribution in [-0.2, 0) is 9.84 Å². The first-order valence-electron chi connectivity index (χ1n) is 6.91. The lowest BCUT2D eigenvalue weighted by Crippen LogP contribution is -2.09. The average Bonchev–Trinajstić information content (AvgIpc) is 2.41. The SMILES string of the molecule is Cc1ccc(C)c(C(C)Nc2cccc(S(C)(=O)=O)c2)c1. The summed E-state index contributed by atoms with van der Waals surface area (Å²) in [6, 6.07) is 13.4. The fourth-order valence-corrected chi connectivity index (χ4v) is 3.04. The number of hydrogen-bond donors (Lipinski definition) is 1. The fraction of sp³-hybridized carbons (Fsp3) is 0.294. The van der Waals surface area contributed by atoms with Gasteiger partial charge in [-0.3, -0.25) is 0 Å². The highest BCUT2D eigenvalue weighted by Gasteiger charge is 2.11. The third-order valence-electron chi connectivity index (χ3n) is 3.55. The zero-order valence-electron chi connectivity index (χ0n) is 12.8. The molecule has 2 rings (SSSR count). The average molecular weight is 303 g/mol. The molecular weight excluding hydrogens is 282 g/mol. The molecule has 21 heavy (non-hydrogen) atoms. The maximum Gasteiger partial charge on any atom is 0.175 e. The number of benzene rings is 2. The highest BCUT2D eigenvalue weighted by atomic mass is 32.2. The van der Waals surface area contributed by atoms with E-state index in [0.29, 0.717) is 4.90 Å². The van der Waals surface area contributed by atoms with E-state index in [9.17, 15) is 8.42 Å². The highest BCUT2D eigenvalue weighted by molar-refractivity contribution is 7.90. The topological polar surface area (TPSA) is 46.2 Å². The fourth-order valence-electron chi connectivity index (χ4n) is 2.37. The van der Waals surface area contributed by atoms with E-state index >= 15 is 0 Å². The van der Waals surface area contributed by atoms with E-state index in [-0.39, 0.29) is 6.04 Å². The van der Waals surface area contributed by atoms with Gasteiger partial charge in [0.05, 0.1) is 4.90 Å². The first-order chi connectivity index (χ1) is 9.77. The zero-order chi connectivity index (χ0) is 15.6. The molecule has 112 valence electrons. The largest absolute Gasteiger partial charge is 0.378 e. The molecule has 0 saturated carbocycles. The normalized spacial score (nSPS) is 13.0. The summed E-state index contributed by atoms with van der Waals surface area (Å²) in [4.78, 5) is 0.334. The summed E-state index contributed by atoms with van der Waals surface area (Å²) in [5.74, 6) is 0. The summed E-state index contributed by atoms with van der Waals surface area (Å²) in [7, 11) is -3.18. The van der Waals surface area contributed by atoms with E-state index in [1.54, 1.807) is 18.2 Å². The van der Waals surface area contributed by atoms with Crippen molar-refractivity contribution in [3.63, 3.8) is 0 Å². The molecule has 1 unspecified atom stereocenters. The van der Waals surface area contributed by atoms with E-state index in [1.165, 1.54) is 22.9 Å². The molecule has 0 amide bonds. The quantitative estimate of drug-likeness (QED) is 0.932. The maximum absolute atomic E-state index is 11.6. The predicted molar refractivity (Wildman–Crippen MR) is 87.5 cm³/mol. The van der Waals surface area contributed by atoms with Gasteiger partial charge in [0.2, 0.25) is 0 Å². The van der Waals surface area contributed by atoms with Gasteiger partial charge in [-0.1, -0.05) is 29.8 Å². The van der Waals surface area contributed by atoms with Crippen LogP contribution >= 0.6 is 0 Å². The Labute approximate surface area is 126 Å². The summed E-state index contributed by atoms with van der Waals surface area (Å²) < 4.78 is 23.2. The van der Waals surface area contributed by atoms with E-state index in [1.807, 2.05) is 6.07 Å². The van der Waals surface area contributed by atoms with Crippen molar-refractivity contribution in [3.05, 3.63) is 59.2 Å². The molecule has 0 radical (unpaired) electrons. The van der Waals surface area contributed by atoms with E-state index in [2.05, 4.69) is 44.3 Å². The standard InChI is InChI=1S/C17H21NO2S/c1-12-8-9-13(2)17(10-12)14(3)18-15-6-5-7-16(11-15)21(4,19)20/h5-11,14,18H,1-4H3. The van der Waals surface area contributed by atoms with Crippen molar-refractivity contribution < 1.29 is 8.42 Å². The van der Waals surface area contributed by atoms with Crippen LogP contribution in [0.5, 0.6) is 0 Å². The maximum atomic E-state index is 11.6. The Kier molecular flexibility index (Phi) is 4.37. The molecular formula is C17H21NO2S. The van der Waals surface area contributed by atoms with Gasteiger partial charge in [-0.05, 0) is 50.1 Å². The van der Waals surface area contributed by atoms with Gasteiger partial charge < -0.3 is 5.32 Å². The summed E-state index contributed by atoms with van der Waals surface area (Å²) in [5.41, 5.74) is 4.47. The number of hydrogen-bond acceptors (Lipinski definition) is 3. The number of anilines is 1. The number of aryl methyl sites for hydroxylation is 2. The molecule has 2 aromatic rings. The molecule has 4 heteroatoms. The summed E-state index contributed by atoms with van der Waals surface area (Å²) >= 11 is 0. The van der Waals surface area contributed by atoms with Crippen molar-refractivity contribution in [1.82, 2.24) is 0 Å². The van der Waals surface area contributed by atoms with Crippen molar-refractivity contribution >= 4 is 15.5 Å². The van der Waals surface area contributed by atoms with Crippen molar-refractivity contribution in [2.45, 2.75) is 31.7 Å². The molecule has 0 aliphatic heterocycles. The number of rotatable bonds is 4. The van der Waals surface area contributed by atoms with Gasteiger partial charge >= 0.3 is 0 Å². The van der Waals surface area contributed by atoms with Crippen molar-refractivity contribution in [3.8, 4) is 0 Å². The van der Waals surface area contributed by atoms with Gasteiger partial charge in [0.15, 0.2) is 9.84 Å². The highest BCUT2D eigenvalue weighted by Crippen LogP contribution is 2.24. The van der Waals surface area contributed by atoms with Crippen molar-refractivity contribution in [1.29, 1.82) is 0 Å². The lowest BCUT2D eigenvalue weighted by Gasteiger charge is -2.19. The first kappa shape index (κ1) is 15.6. The predicted octanol–water partition coefficient (Wildman–Crippen LogP) is 3.88. The van der Waals surface area contributed by atoms with Crippen molar-refractivity contribution in [2.24, 2.45) is 0 Å². The minimum absolute atomic E-state index is 0.111. The first-order valence-corrected chi connectivity index (χ1v) is 8.80. The molecule has 0 aliphatic carbocycles. The second-order valence-electron chi connectivity index (χ2n) is 5.53. The Bertz CT molecular complexity index is 751. The van der Waals surface area contributed by atoms with Gasteiger partial charge in [0, 0.05) is 18.0 Å². The molecule has 3 nitrogen and oxygen atoms in total. The molecule has 1 atom stereocenters. The molecule has 0 heterocycles. The summed E-state index contributed by atoms with van der Waals surface area (Å²) in [6.45, 7) is 6.23. The van der Waals surface area contributed by atoms with Gasteiger partial charge in [0.1, 0.15) is 0 Å². The molecule has 0 bridgehead atoms. The Hall–Kier alpha value is -1.81. The minimum Gasteiger partial charge on any atom is -0.378 e. The lowest BCUT2D eigenvalue weighted by molar-refractivity contribution is 0.602. The van der Waals surface area contributed by atoms with E-state index in [4.69, 9.17) is 0 Å². The van der Waals surface area contributed by atoms with Crippen LogP contribution in [0.25, 0.3) is 0 Å². The third-order valence-corrected chi connectivity index (χ3v) is 4.66. The van der Waals surface area contributed by atoms with Crippen LogP contribution < -0.4 is 5.32 Å². The van der Waals surface area contributed by atoms with Gasteiger partial charge in [0.25, 0.3) is 0 Å². The molecule has 0 fully saturated rings. The van der Waals surface area contributed by atoms with Crippen LogP contribution in [0.2, 0.25) is 0 Å². The molecule has 2 aromatic carbocycles. The summed E-state index contributed by atoms with van der Waals surface area (Å²) in [5, 5.41) is 3.37. The minimum atomic E-state index is -3.18. The van der Waals surface area contributed by atoms with E-state index in [0.717, 1.165) is 5.69 Å². The van der Waals surface area contributed by atoms with Crippen LogP contribution in [0.15, 0.2) is 47.4 Å². The second-order valence-corrected chi connectivity index (χ2v) is 7.54. The Morgan fingerprint density at radius 3 is 2.43 bits per heavy atom. The van der Waals surface area contributed by atoms with Crippen LogP contribution in [-0.4, -0.2) is 14.7 Å². The van der Waals surface area contributed by atoms with Crippen molar-refractivity contribution in [2.75, 3.05) is 11.6 Å². The third kappa shape index (κ3) is 3.85. The van der Waals surface area contributed by atoms with Crippen LogP contribution in [0.3, 0.4) is 0 Å². The van der Waals surface area contributed by atoms with Gasteiger partial charge in [-0.25, -0.2) is 8.42 Å². The molecule has 1 N–H and O–H groups in total. The monoisotopic (exact) mass is 303 g/mol. The molecule has 0 aromatic heterocycles. The molecule has 0 aliphatic rings.